The summed E-state index contributed by atoms with van der Waals surface area (Å²) in [5.74, 6) is 7.25. The van der Waals surface area contributed by atoms with E-state index in [9.17, 15) is 4.79 Å². The van der Waals surface area contributed by atoms with Crippen molar-refractivity contribution in [1.29, 1.82) is 0 Å². The van der Waals surface area contributed by atoms with E-state index in [4.69, 9.17) is 10.5 Å². The molecule has 0 aliphatic carbocycles. The Morgan fingerprint density at radius 2 is 2.24 bits per heavy atom. The van der Waals surface area contributed by atoms with Gasteiger partial charge >= 0.3 is 0 Å². The summed E-state index contributed by atoms with van der Waals surface area (Å²) in [5.41, 5.74) is 6.68. The highest BCUT2D eigenvalue weighted by molar-refractivity contribution is 7.98. The highest BCUT2D eigenvalue weighted by Gasteiger charge is 2.18. The van der Waals surface area contributed by atoms with Gasteiger partial charge in [-0.25, -0.2) is 0 Å². The molecule has 0 heterocycles. The molecule has 1 unspecified atom stereocenters. The highest BCUT2D eigenvalue weighted by Crippen LogP contribution is 2.20. The van der Waals surface area contributed by atoms with Crippen molar-refractivity contribution in [1.82, 2.24) is 4.90 Å². The molecule has 0 aliphatic heterocycles. The number of carbonyl (C=O) groups excluding carboxylic acids is 1. The lowest BCUT2D eigenvalue weighted by Crippen LogP contribution is -2.36. The summed E-state index contributed by atoms with van der Waals surface area (Å²) in [6.45, 7) is 2.30. The lowest BCUT2D eigenvalue weighted by Gasteiger charge is -2.24. The van der Waals surface area contributed by atoms with Crippen LogP contribution in [-0.4, -0.2) is 49.6 Å². The fourth-order valence-electron chi connectivity index (χ4n) is 1.84. The molecule has 1 amide bonds. The number of ether oxygens (including phenoxy) is 1. The number of rotatable bonds is 5. The van der Waals surface area contributed by atoms with Crippen molar-refractivity contribution in [3.05, 3.63) is 29.3 Å². The van der Waals surface area contributed by atoms with Gasteiger partial charge in [0.1, 0.15) is 5.75 Å². The van der Waals surface area contributed by atoms with Crippen LogP contribution in [0.25, 0.3) is 0 Å². The van der Waals surface area contributed by atoms with Crippen LogP contribution in [0.2, 0.25) is 0 Å². The van der Waals surface area contributed by atoms with Crippen LogP contribution in [0.4, 0.5) is 0 Å². The van der Waals surface area contributed by atoms with Crippen LogP contribution < -0.4 is 10.5 Å². The lowest BCUT2D eigenvalue weighted by molar-refractivity contribution is 0.0757. The Morgan fingerprint density at radius 3 is 2.81 bits per heavy atom. The minimum absolute atomic E-state index is 0.0185. The Morgan fingerprint density at radius 1 is 1.52 bits per heavy atom. The average molecular weight is 306 g/mol. The second kappa shape index (κ2) is 8.60. The van der Waals surface area contributed by atoms with Crippen molar-refractivity contribution in [3.8, 4) is 17.6 Å². The number of methoxy groups -OCH3 is 1. The minimum atomic E-state index is -0.0185. The summed E-state index contributed by atoms with van der Waals surface area (Å²) < 4.78 is 5.25. The van der Waals surface area contributed by atoms with E-state index in [1.54, 1.807) is 42.0 Å². The fraction of sp³-hybridized carbons (Fsp3) is 0.438. The van der Waals surface area contributed by atoms with E-state index < -0.39 is 0 Å². The second-order valence-corrected chi connectivity index (χ2v) is 5.55. The maximum atomic E-state index is 12.5. The molecule has 5 heteroatoms. The van der Waals surface area contributed by atoms with Crippen LogP contribution in [0.1, 0.15) is 22.8 Å². The van der Waals surface area contributed by atoms with Gasteiger partial charge in [0.05, 0.1) is 19.2 Å². The number of nitrogens with zero attached hydrogens (tertiary/aromatic N) is 1. The first kappa shape index (κ1) is 17.4. The zero-order valence-electron chi connectivity index (χ0n) is 13.0. The molecule has 21 heavy (non-hydrogen) atoms. The number of thioether (sulfide) groups is 1. The normalized spacial score (nSPS) is 11.3. The molecule has 0 bridgehead atoms. The molecular formula is C16H22N2O2S. The fourth-order valence-corrected chi connectivity index (χ4v) is 2.55. The van der Waals surface area contributed by atoms with Crippen LogP contribution in [0.5, 0.6) is 5.75 Å². The zero-order chi connectivity index (χ0) is 15.8. The molecule has 2 N–H and O–H groups in total. The number of hydrogen-bond donors (Lipinski definition) is 1. The summed E-state index contributed by atoms with van der Waals surface area (Å²) in [4.78, 5) is 14.2. The third-order valence-electron chi connectivity index (χ3n) is 3.16. The van der Waals surface area contributed by atoms with E-state index in [1.165, 1.54) is 0 Å². The van der Waals surface area contributed by atoms with Gasteiger partial charge in [-0.3, -0.25) is 4.79 Å². The predicted molar refractivity (Wildman–Crippen MR) is 88.9 cm³/mol. The Kier molecular flexibility index (Phi) is 7.13. The summed E-state index contributed by atoms with van der Waals surface area (Å²) in [5, 5.41) is 0. The van der Waals surface area contributed by atoms with Crippen LogP contribution in [0.3, 0.4) is 0 Å². The van der Waals surface area contributed by atoms with Crippen LogP contribution >= 0.6 is 11.8 Å². The third-order valence-corrected chi connectivity index (χ3v) is 3.98. The Labute approximate surface area is 131 Å². The first-order chi connectivity index (χ1) is 10.0. The van der Waals surface area contributed by atoms with E-state index in [0.717, 1.165) is 5.75 Å². The smallest absolute Gasteiger partial charge is 0.253 e. The predicted octanol–water partition coefficient (Wildman–Crippen LogP) is 1.83. The first-order valence-corrected chi connectivity index (χ1v) is 8.07. The number of carbonyl (C=O) groups is 1. The van der Waals surface area contributed by atoms with Crippen molar-refractivity contribution in [2.45, 2.75) is 13.0 Å². The van der Waals surface area contributed by atoms with E-state index in [2.05, 4.69) is 11.8 Å². The molecule has 4 nitrogen and oxygen atoms in total. The molecule has 0 fully saturated rings. The topological polar surface area (TPSA) is 55.6 Å². The highest BCUT2D eigenvalue weighted by atomic mass is 32.2. The monoisotopic (exact) mass is 306 g/mol. The van der Waals surface area contributed by atoms with Crippen molar-refractivity contribution in [2.75, 3.05) is 32.7 Å². The minimum Gasteiger partial charge on any atom is -0.495 e. The summed E-state index contributed by atoms with van der Waals surface area (Å²) in [6.07, 6.45) is 2.03. The molecule has 0 aromatic heterocycles. The second-order valence-electron chi connectivity index (χ2n) is 4.64. The molecule has 0 radical (unpaired) electrons. The number of hydrogen-bond acceptors (Lipinski definition) is 4. The van der Waals surface area contributed by atoms with Gasteiger partial charge in [-0.1, -0.05) is 11.8 Å². The number of benzene rings is 1. The Balaban J connectivity index is 3.05. The zero-order valence-corrected chi connectivity index (χ0v) is 13.8. The standard InChI is InChI=1S/C16H22N2O2S/c1-12(11-21-4)18(2)16(19)14-7-8-15(20-3)13(10-14)6-5-9-17/h7-8,10,12H,9,11,17H2,1-4H3. The molecule has 0 saturated heterocycles. The average Bonchev–Trinajstić information content (AvgIpc) is 2.51. The molecule has 114 valence electrons. The van der Waals surface area contributed by atoms with Crippen molar-refractivity contribution in [2.24, 2.45) is 5.73 Å². The molecule has 1 aromatic rings. The van der Waals surface area contributed by atoms with E-state index in [0.29, 0.717) is 16.9 Å². The van der Waals surface area contributed by atoms with Crippen LogP contribution in [0.15, 0.2) is 18.2 Å². The maximum absolute atomic E-state index is 12.5. The number of amides is 1. The summed E-state index contributed by atoms with van der Waals surface area (Å²) >= 11 is 1.72. The summed E-state index contributed by atoms with van der Waals surface area (Å²) in [6, 6.07) is 5.46. The van der Waals surface area contributed by atoms with E-state index in [-0.39, 0.29) is 18.5 Å². The molecule has 1 aromatic carbocycles. The molecule has 1 rings (SSSR count). The Bertz CT molecular complexity index is 549. The van der Waals surface area contributed by atoms with Crippen molar-refractivity contribution < 1.29 is 9.53 Å². The quantitative estimate of drug-likeness (QED) is 0.843. The van der Waals surface area contributed by atoms with E-state index in [1.807, 2.05) is 20.2 Å². The molecule has 0 saturated carbocycles. The van der Waals surface area contributed by atoms with E-state index >= 15 is 0 Å². The molecule has 1 atom stereocenters. The van der Waals surface area contributed by atoms with Gasteiger partial charge in [0, 0.05) is 24.4 Å². The van der Waals surface area contributed by atoms with Gasteiger partial charge in [0.2, 0.25) is 0 Å². The van der Waals surface area contributed by atoms with Gasteiger partial charge in [-0.15, -0.1) is 0 Å². The largest absolute Gasteiger partial charge is 0.495 e. The van der Waals surface area contributed by atoms with Crippen molar-refractivity contribution >= 4 is 17.7 Å². The molecule has 0 aliphatic rings. The van der Waals surface area contributed by atoms with Gasteiger partial charge < -0.3 is 15.4 Å². The van der Waals surface area contributed by atoms with Crippen molar-refractivity contribution in [3.63, 3.8) is 0 Å². The Hall–Kier alpha value is -1.64. The SMILES string of the molecule is COc1ccc(C(=O)N(C)C(C)CSC)cc1C#CCN. The lowest BCUT2D eigenvalue weighted by atomic mass is 10.1. The third kappa shape index (κ3) is 4.69. The maximum Gasteiger partial charge on any atom is 0.253 e. The van der Waals surface area contributed by atoms with Gasteiger partial charge in [0.15, 0.2) is 0 Å². The van der Waals surface area contributed by atoms with Crippen LogP contribution in [0, 0.1) is 11.8 Å². The van der Waals surface area contributed by atoms with Gasteiger partial charge in [-0.2, -0.15) is 11.8 Å². The van der Waals surface area contributed by atoms with Gasteiger partial charge in [-0.05, 0) is 31.4 Å². The molecule has 0 spiro atoms. The van der Waals surface area contributed by atoms with Gasteiger partial charge in [0.25, 0.3) is 5.91 Å². The number of nitrogens with two attached hydrogens (primary N) is 1. The summed E-state index contributed by atoms with van der Waals surface area (Å²) in [7, 11) is 3.40. The first-order valence-electron chi connectivity index (χ1n) is 6.68. The molecular weight excluding hydrogens is 284 g/mol. The van der Waals surface area contributed by atoms with Crippen LogP contribution in [-0.2, 0) is 0 Å².